The monoisotopic (exact) mass is 491 g/mol. The summed E-state index contributed by atoms with van der Waals surface area (Å²) in [5.74, 6) is 1.22. The van der Waals surface area contributed by atoms with Crippen molar-refractivity contribution in [1.29, 1.82) is 0 Å². The van der Waals surface area contributed by atoms with Gasteiger partial charge in [-0.2, -0.15) is 0 Å². The Balaban J connectivity index is 1.56. The molecule has 0 aliphatic carbocycles. The van der Waals surface area contributed by atoms with Gasteiger partial charge in [0.15, 0.2) is 11.0 Å². The zero-order chi connectivity index (χ0) is 24.8. The molecule has 1 N–H and O–H groups in total. The smallest absolute Gasteiger partial charge is 0.230 e. The third-order valence-electron chi connectivity index (χ3n) is 5.45. The molecule has 0 radical (unpaired) electrons. The molecule has 0 spiro atoms. The maximum absolute atomic E-state index is 13.4. The van der Waals surface area contributed by atoms with Crippen LogP contribution in [0.25, 0.3) is 17.1 Å². The van der Waals surface area contributed by atoms with Crippen LogP contribution in [-0.2, 0) is 4.79 Å². The highest BCUT2D eigenvalue weighted by Gasteiger charge is 2.21. The van der Waals surface area contributed by atoms with Gasteiger partial charge >= 0.3 is 0 Å². The minimum atomic E-state index is -0.305. The van der Waals surface area contributed by atoms with Crippen molar-refractivity contribution in [3.8, 4) is 22.8 Å². The summed E-state index contributed by atoms with van der Waals surface area (Å²) in [6.07, 6.45) is 3.40. The standard InChI is InChI=1S/C26H26FN5O2S/c1-17(2)24(18-4-6-20(27)7-5-18)29-23(33)16-35-26-31-30-25(19-12-14-28-15-13-19)32(26)21-8-10-22(34-3)11-9-21/h4-15,17,24H,16H2,1-3H3,(H,29,33). The molecule has 0 aliphatic heterocycles. The van der Waals surface area contributed by atoms with E-state index in [-0.39, 0.29) is 29.4 Å². The van der Waals surface area contributed by atoms with Crippen LogP contribution in [-0.4, -0.2) is 38.5 Å². The molecule has 7 nitrogen and oxygen atoms in total. The van der Waals surface area contributed by atoms with E-state index in [9.17, 15) is 9.18 Å². The van der Waals surface area contributed by atoms with Crippen molar-refractivity contribution in [2.24, 2.45) is 5.92 Å². The van der Waals surface area contributed by atoms with Crippen LogP contribution in [0.3, 0.4) is 0 Å². The Kier molecular flexibility index (Phi) is 7.77. The zero-order valence-electron chi connectivity index (χ0n) is 19.7. The van der Waals surface area contributed by atoms with Crippen LogP contribution < -0.4 is 10.1 Å². The lowest BCUT2D eigenvalue weighted by molar-refractivity contribution is -0.119. The van der Waals surface area contributed by atoms with Crippen LogP contribution in [0.4, 0.5) is 4.39 Å². The van der Waals surface area contributed by atoms with Gasteiger partial charge in [-0.15, -0.1) is 10.2 Å². The first-order chi connectivity index (χ1) is 17.0. The second-order valence-corrected chi connectivity index (χ2v) is 9.15. The van der Waals surface area contributed by atoms with Gasteiger partial charge in [-0.1, -0.05) is 37.7 Å². The van der Waals surface area contributed by atoms with E-state index in [1.165, 1.54) is 23.9 Å². The van der Waals surface area contributed by atoms with E-state index in [1.54, 1.807) is 31.6 Å². The Labute approximate surface area is 207 Å². The summed E-state index contributed by atoms with van der Waals surface area (Å²) < 4.78 is 20.5. The first kappa shape index (κ1) is 24.4. The van der Waals surface area contributed by atoms with Gasteiger partial charge in [0.2, 0.25) is 5.91 Å². The number of nitrogens with one attached hydrogen (secondary N) is 1. The fourth-order valence-corrected chi connectivity index (χ4v) is 4.43. The van der Waals surface area contributed by atoms with E-state index >= 15 is 0 Å². The van der Waals surface area contributed by atoms with Gasteiger partial charge in [-0.05, 0) is 60.0 Å². The van der Waals surface area contributed by atoms with Crippen molar-refractivity contribution in [3.05, 3.63) is 84.4 Å². The molecule has 1 unspecified atom stereocenters. The Bertz CT molecular complexity index is 1260. The lowest BCUT2D eigenvalue weighted by atomic mass is 9.96. The molecule has 0 aliphatic rings. The van der Waals surface area contributed by atoms with Gasteiger partial charge in [0.25, 0.3) is 0 Å². The summed E-state index contributed by atoms with van der Waals surface area (Å²) in [5, 5.41) is 12.4. The number of pyridine rings is 1. The molecule has 0 fully saturated rings. The van der Waals surface area contributed by atoms with Crippen molar-refractivity contribution in [1.82, 2.24) is 25.1 Å². The van der Waals surface area contributed by atoms with Crippen LogP contribution in [0.15, 0.2) is 78.2 Å². The quantitative estimate of drug-likeness (QED) is 0.329. The highest BCUT2D eigenvalue weighted by atomic mass is 32.2. The highest BCUT2D eigenvalue weighted by Crippen LogP contribution is 2.29. The van der Waals surface area contributed by atoms with E-state index in [0.717, 1.165) is 22.6 Å². The Morgan fingerprint density at radius 3 is 2.34 bits per heavy atom. The molecule has 1 atom stereocenters. The normalized spacial score (nSPS) is 11.9. The van der Waals surface area contributed by atoms with Gasteiger partial charge in [-0.3, -0.25) is 14.3 Å². The molecule has 4 aromatic rings. The van der Waals surface area contributed by atoms with Crippen molar-refractivity contribution in [3.63, 3.8) is 0 Å². The highest BCUT2D eigenvalue weighted by molar-refractivity contribution is 7.99. The van der Waals surface area contributed by atoms with Crippen LogP contribution in [0.1, 0.15) is 25.5 Å². The number of methoxy groups -OCH3 is 1. The zero-order valence-corrected chi connectivity index (χ0v) is 20.5. The first-order valence-corrected chi connectivity index (χ1v) is 12.1. The average Bonchev–Trinajstić information content (AvgIpc) is 3.31. The summed E-state index contributed by atoms with van der Waals surface area (Å²) in [4.78, 5) is 17.0. The maximum atomic E-state index is 13.4. The molecule has 35 heavy (non-hydrogen) atoms. The fourth-order valence-electron chi connectivity index (χ4n) is 3.67. The molecule has 9 heteroatoms. The topological polar surface area (TPSA) is 81.9 Å². The Morgan fingerprint density at radius 2 is 1.71 bits per heavy atom. The summed E-state index contributed by atoms with van der Waals surface area (Å²) in [6.45, 7) is 4.03. The van der Waals surface area contributed by atoms with Gasteiger partial charge in [-0.25, -0.2) is 4.39 Å². The lowest BCUT2D eigenvalue weighted by Gasteiger charge is -2.23. The van der Waals surface area contributed by atoms with Crippen molar-refractivity contribution < 1.29 is 13.9 Å². The number of amides is 1. The number of aromatic nitrogens is 4. The SMILES string of the molecule is COc1ccc(-n2c(SCC(=O)NC(c3ccc(F)cc3)C(C)C)nnc2-c2ccncc2)cc1. The number of carbonyl (C=O) groups is 1. The largest absolute Gasteiger partial charge is 0.497 e. The summed E-state index contributed by atoms with van der Waals surface area (Å²) in [6, 6.07) is 17.3. The third kappa shape index (κ3) is 5.86. The van der Waals surface area contributed by atoms with Crippen molar-refractivity contribution >= 4 is 17.7 Å². The van der Waals surface area contributed by atoms with Gasteiger partial charge in [0.1, 0.15) is 11.6 Å². The molecular weight excluding hydrogens is 465 g/mol. The first-order valence-electron chi connectivity index (χ1n) is 11.1. The summed E-state index contributed by atoms with van der Waals surface area (Å²) >= 11 is 1.30. The molecule has 0 saturated heterocycles. The predicted molar refractivity (Wildman–Crippen MR) is 134 cm³/mol. The number of nitrogens with zero attached hydrogens (tertiary/aromatic N) is 4. The van der Waals surface area contributed by atoms with Crippen LogP contribution >= 0.6 is 11.8 Å². The number of carbonyl (C=O) groups excluding carboxylic acids is 1. The molecule has 2 aromatic carbocycles. The van der Waals surface area contributed by atoms with E-state index in [1.807, 2.05) is 54.8 Å². The van der Waals surface area contributed by atoms with Crippen molar-refractivity contribution in [2.75, 3.05) is 12.9 Å². The van der Waals surface area contributed by atoms with Gasteiger partial charge in [0.05, 0.1) is 18.9 Å². The summed E-state index contributed by atoms with van der Waals surface area (Å²) in [7, 11) is 1.62. The molecule has 4 rings (SSSR count). The van der Waals surface area contributed by atoms with E-state index in [0.29, 0.717) is 11.0 Å². The number of rotatable bonds is 9. The maximum Gasteiger partial charge on any atom is 0.230 e. The molecule has 1 amide bonds. The molecule has 2 aromatic heterocycles. The lowest BCUT2D eigenvalue weighted by Crippen LogP contribution is -2.33. The Hall–Kier alpha value is -3.72. The third-order valence-corrected chi connectivity index (χ3v) is 6.38. The second kappa shape index (κ2) is 11.1. The Morgan fingerprint density at radius 1 is 1.03 bits per heavy atom. The van der Waals surface area contributed by atoms with Gasteiger partial charge < -0.3 is 10.1 Å². The minimum Gasteiger partial charge on any atom is -0.497 e. The van der Waals surface area contributed by atoms with E-state index < -0.39 is 0 Å². The number of hydrogen-bond donors (Lipinski definition) is 1. The van der Waals surface area contributed by atoms with Crippen LogP contribution in [0.2, 0.25) is 0 Å². The number of benzene rings is 2. The molecule has 180 valence electrons. The average molecular weight is 492 g/mol. The number of halogens is 1. The number of ether oxygens (including phenoxy) is 1. The fraction of sp³-hybridized carbons (Fsp3) is 0.231. The second-order valence-electron chi connectivity index (χ2n) is 8.20. The summed E-state index contributed by atoms with van der Waals surface area (Å²) in [5.41, 5.74) is 2.56. The van der Waals surface area contributed by atoms with Gasteiger partial charge in [0, 0.05) is 23.6 Å². The molecule has 2 heterocycles. The number of thioether (sulfide) groups is 1. The van der Waals surface area contributed by atoms with E-state index in [4.69, 9.17) is 4.74 Å². The predicted octanol–water partition coefficient (Wildman–Crippen LogP) is 5.08. The minimum absolute atomic E-state index is 0.135. The molecule has 0 bridgehead atoms. The number of hydrogen-bond acceptors (Lipinski definition) is 6. The van der Waals surface area contributed by atoms with Crippen LogP contribution in [0, 0.1) is 11.7 Å². The van der Waals surface area contributed by atoms with E-state index in [2.05, 4.69) is 20.5 Å². The van der Waals surface area contributed by atoms with Crippen molar-refractivity contribution in [2.45, 2.75) is 25.0 Å². The van der Waals surface area contributed by atoms with Crippen LogP contribution in [0.5, 0.6) is 5.75 Å². The molecular formula is C26H26FN5O2S. The molecule has 0 saturated carbocycles.